The van der Waals surface area contributed by atoms with Crippen LogP contribution < -0.4 is 0 Å². The first-order valence-electron chi connectivity index (χ1n) is 5.47. The number of nitro groups is 1. The van der Waals surface area contributed by atoms with Crippen LogP contribution in [0.25, 0.3) is 16.2 Å². The highest BCUT2D eigenvalue weighted by molar-refractivity contribution is 7.15. The summed E-state index contributed by atoms with van der Waals surface area (Å²) in [5.41, 5.74) is 1.11. The summed E-state index contributed by atoms with van der Waals surface area (Å²) in [4.78, 5) is 25.8. The number of carbonyl (C=O) groups is 1. The molecule has 0 N–H and O–H groups in total. The molecule has 0 aliphatic rings. The van der Waals surface area contributed by atoms with Crippen molar-refractivity contribution >= 4 is 28.3 Å². The van der Waals surface area contributed by atoms with E-state index in [1.54, 1.807) is 0 Å². The number of nitro benzene ring substituents is 1. The van der Waals surface area contributed by atoms with Gasteiger partial charge in [-0.05, 0) is 12.1 Å². The van der Waals surface area contributed by atoms with Gasteiger partial charge in [0.2, 0.25) is 0 Å². The maximum Gasteiger partial charge on any atom is 0.269 e. The zero-order valence-electron chi connectivity index (χ0n) is 9.82. The number of rotatable bonds is 3. The highest BCUT2D eigenvalue weighted by atomic mass is 32.1. The molecule has 8 heteroatoms. The van der Waals surface area contributed by atoms with Gasteiger partial charge in [0.1, 0.15) is 11.4 Å². The number of benzene rings is 1. The minimum atomic E-state index is -0.508. The summed E-state index contributed by atoms with van der Waals surface area (Å²) in [6, 6.07) is 5.68. The van der Waals surface area contributed by atoms with Gasteiger partial charge < -0.3 is 0 Å². The van der Waals surface area contributed by atoms with Crippen molar-refractivity contribution in [3.8, 4) is 11.3 Å². The van der Waals surface area contributed by atoms with Crippen LogP contribution in [-0.2, 0) is 0 Å². The van der Waals surface area contributed by atoms with Crippen molar-refractivity contribution in [1.29, 1.82) is 0 Å². The number of halogens is 1. The lowest BCUT2D eigenvalue weighted by Gasteiger charge is -1.98. The highest BCUT2D eigenvalue weighted by Gasteiger charge is 2.17. The molecule has 0 amide bonds. The van der Waals surface area contributed by atoms with Gasteiger partial charge in [-0.3, -0.25) is 19.3 Å². The molecule has 0 saturated carbocycles. The van der Waals surface area contributed by atoms with Crippen LogP contribution in [0, 0.1) is 15.2 Å². The van der Waals surface area contributed by atoms with Crippen LogP contribution in [0.2, 0.25) is 0 Å². The Morgan fingerprint density at radius 1 is 1.35 bits per heavy atom. The molecule has 0 aliphatic carbocycles. The van der Waals surface area contributed by atoms with E-state index in [-0.39, 0.29) is 11.4 Å². The van der Waals surface area contributed by atoms with Crippen LogP contribution in [0.1, 0.15) is 10.5 Å². The molecule has 0 radical (unpaired) electrons. The van der Waals surface area contributed by atoms with Gasteiger partial charge in [-0.2, -0.15) is 4.39 Å². The molecule has 0 aliphatic heterocycles. The zero-order valence-corrected chi connectivity index (χ0v) is 10.6. The number of aldehydes is 1. The van der Waals surface area contributed by atoms with Gasteiger partial charge in [0.25, 0.3) is 5.69 Å². The van der Waals surface area contributed by atoms with Crippen LogP contribution in [0.15, 0.2) is 30.5 Å². The number of thiazole rings is 1. The summed E-state index contributed by atoms with van der Waals surface area (Å²) in [7, 11) is 0. The molecule has 20 heavy (non-hydrogen) atoms. The third-order valence-corrected chi connectivity index (χ3v) is 3.57. The summed E-state index contributed by atoms with van der Waals surface area (Å²) in [5, 5.41) is 10.2. The Balaban J connectivity index is 2.15. The molecule has 2 aromatic heterocycles. The number of nitrogens with zero attached hydrogens (tertiary/aromatic N) is 3. The molecule has 0 atom stereocenters. The number of non-ortho nitro benzene ring substituents is 1. The van der Waals surface area contributed by atoms with Crippen LogP contribution >= 0.6 is 11.3 Å². The Bertz CT molecular complexity index is 822. The van der Waals surface area contributed by atoms with Gasteiger partial charge in [-0.15, -0.1) is 0 Å². The predicted molar refractivity (Wildman–Crippen MR) is 70.5 cm³/mol. The number of aromatic nitrogens is 2. The number of carbonyl (C=O) groups excluding carboxylic acids is 1. The molecule has 2 heterocycles. The quantitative estimate of drug-likeness (QED) is 0.422. The fourth-order valence-corrected chi connectivity index (χ4v) is 2.62. The van der Waals surface area contributed by atoms with Gasteiger partial charge in [-0.1, -0.05) is 11.3 Å². The van der Waals surface area contributed by atoms with Crippen LogP contribution in [0.5, 0.6) is 0 Å². The Hall–Kier alpha value is -2.61. The minimum absolute atomic E-state index is 0.0477. The summed E-state index contributed by atoms with van der Waals surface area (Å²) in [5.74, 6) is 0. The molecule has 0 fully saturated rings. The monoisotopic (exact) mass is 291 g/mol. The number of hydrogen-bond acceptors (Lipinski definition) is 5. The lowest BCUT2D eigenvalue weighted by atomic mass is 10.1. The van der Waals surface area contributed by atoms with E-state index in [2.05, 4.69) is 4.98 Å². The van der Waals surface area contributed by atoms with E-state index in [0.29, 0.717) is 22.5 Å². The number of fused-ring (bicyclic) bond motifs is 1. The Kier molecular flexibility index (Phi) is 2.79. The third-order valence-electron chi connectivity index (χ3n) is 2.80. The molecule has 0 unspecified atom stereocenters. The molecule has 0 saturated heterocycles. The fourth-order valence-electron chi connectivity index (χ4n) is 1.90. The van der Waals surface area contributed by atoms with E-state index in [1.165, 1.54) is 34.9 Å². The second kappa shape index (κ2) is 4.49. The minimum Gasteiger partial charge on any atom is -0.296 e. The lowest BCUT2D eigenvalue weighted by molar-refractivity contribution is -0.384. The van der Waals surface area contributed by atoms with Gasteiger partial charge in [0, 0.05) is 17.7 Å². The van der Waals surface area contributed by atoms with Gasteiger partial charge in [0.05, 0.1) is 11.1 Å². The van der Waals surface area contributed by atoms with Gasteiger partial charge in [0.15, 0.2) is 16.4 Å². The maximum absolute atomic E-state index is 13.1. The Morgan fingerprint density at radius 2 is 2.05 bits per heavy atom. The van der Waals surface area contributed by atoms with Crippen LogP contribution in [-0.4, -0.2) is 20.6 Å². The van der Waals surface area contributed by atoms with E-state index in [9.17, 15) is 19.3 Å². The van der Waals surface area contributed by atoms with Gasteiger partial charge >= 0.3 is 0 Å². The van der Waals surface area contributed by atoms with E-state index in [4.69, 9.17) is 0 Å². The maximum atomic E-state index is 13.1. The van der Waals surface area contributed by atoms with E-state index in [1.807, 2.05) is 0 Å². The van der Waals surface area contributed by atoms with Crippen molar-refractivity contribution in [2.24, 2.45) is 0 Å². The zero-order chi connectivity index (χ0) is 14.3. The van der Waals surface area contributed by atoms with E-state index in [0.717, 1.165) is 11.3 Å². The molecule has 6 nitrogen and oxygen atoms in total. The number of imidazole rings is 1. The molecule has 3 rings (SSSR count). The van der Waals surface area contributed by atoms with Crippen molar-refractivity contribution in [2.75, 3.05) is 0 Å². The standard InChI is InChI=1S/C12H6FN3O3S/c13-10-5-15-9(6-17)11(14-12(15)20-10)7-1-3-8(4-2-7)16(18)19/h1-6H. The van der Waals surface area contributed by atoms with Crippen molar-refractivity contribution in [3.63, 3.8) is 0 Å². The molecule has 100 valence electrons. The largest absolute Gasteiger partial charge is 0.296 e. The second-order valence-electron chi connectivity index (χ2n) is 3.96. The summed E-state index contributed by atoms with van der Waals surface area (Å²) in [6.07, 6.45) is 1.77. The fraction of sp³-hybridized carbons (Fsp3) is 0. The predicted octanol–water partition coefficient (Wildman–Crippen LogP) is 2.92. The molecule has 1 aromatic carbocycles. The third kappa shape index (κ3) is 1.86. The van der Waals surface area contributed by atoms with Gasteiger partial charge in [-0.25, -0.2) is 4.98 Å². The van der Waals surface area contributed by atoms with E-state index >= 15 is 0 Å². The lowest BCUT2D eigenvalue weighted by Crippen LogP contribution is -1.91. The summed E-state index contributed by atoms with van der Waals surface area (Å²) < 4.78 is 14.5. The molecule has 0 bridgehead atoms. The van der Waals surface area contributed by atoms with Crippen molar-refractivity contribution in [3.05, 3.63) is 51.4 Å². The average molecular weight is 291 g/mol. The van der Waals surface area contributed by atoms with Crippen molar-refractivity contribution < 1.29 is 14.1 Å². The first kappa shape index (κ1) is 12.4. The SMILES string of the molecule is O=Cc1c(-c2ccc([N+](=O)[O-])cc2)nc2sc(F)cn12. The smallest absolute Gasteiger partial charge is 0.269 e. The van der Waals surface area contributed by atoms with Crippen molar-refractivity contribution in [2.45, 2.75) is 0 Å². The molecular formula is C12H6FN3O3S. The Labute approximate surface area is 115 Å². The average Bonchev–Trinajstić information content (AvgIpc) is 2.94. The summed E-state index contributed by atoms with van der Waals surface area (Å²) >= 11 is 0.823. The van der Waals surface area contributed by atoms with Crippen molar-refractivity contribution in [1.82, 2.24) is 9.38 Å². The molecular weight excluding hydrogens is 285 g/mol. The highest BCUT2D eigenvalue weighted by Crippen LogP contribution is 2.28. The number of hydrogen-bond donors (Lipinski definition) is 0. The molecule has 0 spiro atoms. The van der Waals surface area contributed by atoms with E-state index < -0.39 is 10.1 Å². The normalized spacial score (nSPS) is 10.8. The van der Waals surface area contributed by atoms with Crippen LogP contribution in [0.3, 0.4) is 0 Å². The molecule has 3 aromatic rings. The first-order chi connectivity index (χ1) is 9.60. The van der Waals surface area contributed by atoms with Crippen LogP contribution in [0.4, 0.5) is 10.1 Å². The first-order valence-corrected chi connectivity index (χ1v) is 6.29. The Morgan fingerprint density at radius 3 is 2.65 bits per heavy atom. The second-order valence-corrected chi connectivity index (χ2v) is 4.91. The topological polar surface area (TPSA) is 77.5 Å². The summed E-state index contributed by atoms with van der Waals surface area (Å²) in [6.45, 7) is 0.